The molecule has 2 N–H and O–H groups in total. The number of carbonyl (C=O) groups is 1. The van der Waals surface area contributed by atoms with Crippen molar-refractivity contribution in [3.8, 4) is 5.75 Å². The quantitative estimate of drug-likeness (QED) is 0.750. The topological polar surface area (TPSA) is 58.6 Å². The maximum atomic E-state index is 11.8. The molecule has 0 bridgehead atoms. The van der Waals surface area contributed by atoms with E-state index < -0.39 is 0 Å². The van der Waals surface area contributed by atoms with Crippen LogP contribution < -0.4 is 5.32 Å². The van der Waals surface area contributed by atoms with E-state index in [0.717, 1.165) is 19.4 Å². The molecule has 0 fully saturated rings. The summed E-state index contributed by atoms with van der Waals surface area (Å²) in [5.41, 5.74) is 0.283. The van der Waals surface area contributed by atoms with E-state index in [0.29, 0.717) is 18.2 Å². The Hall–Kier alpha value is -1.26. The van der Waals surface area contributed by atoms with Crippen molar-refractivity contribution in [2.24, 2.45) is 0 Å². The fourth-order valence-electron chi connectivity index (χ4n) is 1.41. The van der Waals surface area contributed by atoms with Gasteiger partial charge in [-0.1, -0.05) is 18.5 Å². The van der Waals surface area contributed by atoms with Crippen molar-refractivity contribution in [3.05, 3.63) is 28.8 Å². The summed E-state index contributed by atoms with van der Waals surface area (Å²) in [5.74, 6) is -0.262. The van der Waals surface area contributed by atoms with Crippen molar-refractivity contribution in [1.82, 2.24) is 5.32 Å². The Labute approximate surface area is 112 Å². The summed E-state index contributed by atoms with van der Waals surface area (Å²) in [5, 5.41) is 12.4. The van der Waals surface area contributed by atoms with Crippen molar-refractivity contribution in [3.63, 3.8) is 0 Å². The molecule has 0 aliphatic rings. The standard InChI is InChI=1S/C13H18ClNO3/c1-2-7-18-8-3-6-15-13(17)11-9-10(16)4-5-12(11)14/h4-5,9,16H,2-3,6-8H2,1H3,(H,15,17). The highest BCUT2D eigenvalue weighted by Crippen LogP contribution is 2.20. The summed E-state index contributed by atoms with van der Waals surface area (Å²) < 4.78 is 5.30. The molecule has 0 aliphatic heterocycles. The van der Waals surface area contributed by atoms with E-state index in [4.69, 9.17) is 16.3 Å². The largest absolute Gasteiger partial charge is 0.508 e. The van der Waals surface area contributed by atoms with Crippen LogP contribution in [0.5, 0.6) is 5.75 Å². The van der Waals surface area contributed by atoms with Crippen molar-refractivity contribution in [2.75, 3.05) is 19.8 Å². The molecule has 0 atom stereocenters. The number of hydrogen-bond acceptors (Lipinski definition) is 3. The van der Waals surface area contributed by atoms with Gasteiger partial charge in [0.25, 0.3) is 5.91 Å². The minimum atomic E-state index is -0.286. The average Bonchev–Trinajstić information content (AvgIpc) is 2.36. The van der Waals surface area contributed by atoms with E-state index in [1.54, 1.807) is 0 Å². The predicted molar refractivity (Wildman–Crippen MR) is 71.2 cm³/mol. The molecule has 4 nitrogen and oxygen atoms in total. The van der Waals surface area contributed by atoms with Crippen LogP contribution in [-0.4, -0.2) is 30.8 Å². The van der Waals surface area contributed by atoms with Crippen LogP contribution in [0.25, 0.3) is 0 Å². The fourth-order valence-corrected chi connectivity index (χ4v) is 1.61. The lowest BCUT2D eigenvalue weighted by atomic mass is 10.2. The first kappa shape index (κ1) is 14.8. The molecule has 5 heteroatoms. The van der Waals surface area contributed by atoms with Gasteiger partial charge >= 0.3 is 0 Å². The number of rotatable bonds is 7. The third kappa shape index (κ3) is 4.94. The third-order valence-corrected chi connectivity index (χ3v) is 2.62. The van der Waals surface area contributed by atoms with Gasteiger partial charge in [0.05, 0.1) is 10.6 Å². The first-order valence-corrected chi connectivity index (χ1v) is 6.37. The first-order valence-electron chi connectivity index (χ1n) is 5.99. The van der Waals surface area contributed by atoms with Gasteiger partial charge in [-0.3, -0.25) is 4.79 Å². The number of nitrogens with one attached hydrogen (secondary N) is 1. The maximum absolute atomic E-state index is 11.8. The van der Waals surface area contributed by atoms with Crippen LogP contribution >= 0.6 is 11.6 Å². The molecule has 0 unspecified atom stereocenters. The molecule has 0 spiro atoms. The zero-order valence-electron chi connectivity index (χ0n) is 10.4. The highest BCUT2D eigenvalue weighted by atomic mass is 35.5. The van der Waals surface area contributed by atoms with Gasteiger partial charge < -0.3 is 15.2 Å². The second-order valence-electron chi connectivity index (χ2n) is 3.89. The highest BCUT2D eigenvalue weighted by molar-refractivity contribution is 6.33. The number of phenols is 1. The van der Waals surface area contributed by atoms with Gasteiger partial charge in [-0.25, -0.2) is 0 Å². The van der Waals surface area contributed by atoms with Gasteiger partial charge in [0.2, 0.25) is 0 Å². The van der Waals surface area contributed by atoms with Crippen LogP contribution in [0.15, 0.2) is 18.2 Å². The van der Waals surface area contributed by atoms with Crippen LogP contribution in [0.2, 0.25) is 5.02 Å². The Morgan fingerprint density at radius 3 is 2.94 bits per heavy atom. The second-order valence-corrected chi connectivity index (χ2v) is 4.29. The molecule has 1 amide bonds. The third-order valence-electron chi connectivity index (χ3n) is 2.29. The number of phenolic OH excluding ortho intramolecular Hbond substituents is 1. The Morgan fingerprint density at radius 2 is 2.22 bits per heavy atom. The molecule has 0 aliphatic carbocycles. The van der Waals surface area contributed by atoms with Crippen molar-refractivity contribution in [2.45, 2.75) is 19.8 Å². The van der Waals surface area contributed by atoms with E-state index in [9.17, 15) is 9.90 Å². The molecule has 18 heavy (non-hydrogen) atoms. The highest BCUT2D eigenvalue weighted by Gasteiger charge is 2.10. The molecule has 0 aromatic heterocycles. The molecular weight excluding hydrogens is 254 g/mol. The molecule has 100 valence electrons. The van der Waals surface area contributed by atoms with E-state index in [1.165, 1.54) is 18.2 Å². The first-order chi connectivity index (χ1) is 8.65. The Morgan fingerprint density at radius 1 is 1.44 bits per heavy atom. The van der Waals surface area contributed by atoms with Gasteiger partial charge in [0.1, 0.15) is 5.75 Å². The lowest BCUT2D eigenvalue weighted by molar-refractivity contribution is 0.0941. The summed E-state index contributed by atoms with van der Waals surface area (Å²) in [6, 6.07) is 4.29. The molecule has 1 rings (SSSR count). The molecule has 0 saturated carbocycles. The van der Waals surface area contributed by atoms with Crippen molar-refractivity contribution >= 4 is 17.5 Å². The summed E-state index contributed by atoms with van der Waals surface area (Å²) in [4.78, 5) is 11.8. The number of amides is 1. The normalized spacial score (nSPS) is 10.3. The van der Waals surface area contributed by atoms with Crippen LogP contribution in [0.1, 0.15) is 30.1 Å². The van der Waals surface area contributed by atoms with Gasteiger partial charge in [-0.15, -0.1) is 0 Å². The van der Waals surface area contributed by atoms with Crippen LogP contribution in [0.3, 0.4) is 0 Å². The predicted octanol–water partition coefficient (Wildman–Crippen LogP) is 2.59. The van der Waals surface area contributed by atoms with Crippen LogP contribution in [-0.2, 0) is 4.74 Å². The molecule has 0 radical (unpaired) electrons. The van der Waals surface area contributed by atoms with Gasteiger partial charge in [-0.05, 0) is 31.0 Å². The van der Waals surface area contributed by atoms with Crippen LogP contribution in [0.4, 0.5) is 0 Å². The van der Waals surface area contributed by atoms with Gasteiger partial charge in [-0.2, -0.15) is 0 Å². The average molecular weight is 272 g/mol. The zero-order chi connectivity index (χ0) is 13.4. The molecule has 1 aromatic carbocycles. The second kappa shape index (κ2) is 7.95. The Kier molecular flexibility index (Phi) is 6.54. The van der Waals surface area contributed by atoms with Gasteiger partial charge in [0, 0.05) is 19.8 Å². The van der Waals surface area contributed by atoms with E-state index in [2.05, 4.69) is 5.32 Å². The zero-order valence-corrected chi connectivity index (χ0v) is 11.2. The number of ether oxygens (including phenoxy) is 1. The Bertz CT molecular complexity index is 396. The number of aromatic hydroxyl groups is 1. The van der Waals surface area contributed by atoms with Crippen LogP contribution in [0, 0.1) is 0 Å². The summed E-state index contributed by atoms with van der Waals surface area (Å²) >= 11 is 5.88. The minimum absolute atomic E-state index is 0.0239. The smallest absolute Gasteiger partial charge is 0.252 e. The van der Waals surface area contributed by atoms with E-state index in [-0.39, 0.29) is 17.2 Å². The van der Waals surface area contributed by atoms with E-state index >= 15 is 0 Å². The lowest BCUT2D eigenvalue weighted by Gasteiger charge is -2.07. The minimum Gasteiger partial charge on any atom is -0.508 e. The van der Waals surface area contributed by atoms with Crippen molar-refractivity contribution < 1.29 is 14.6 Å². The van der Waals surface area contributed by atoms with E-state index in [1.807, 2.05) is 6.92 Å². The molecule has 1 aromatic rings. The lowest BCUT2D eigenvalue weighted by Crippen LogP contribution is -2.25. The summed E-state index contributed by atoms with van der Waals surface area (Å²) in [6.07, 6.45) is 1.74. The fraction of sp³-hybridized carbons (Fsp3) is 0.462. The van der Waals surface area contributed by atoms with Gasteiger partial charge in [0.15, 0.2) is 0 Å². The SMILES string of the molecule is CCCOCCCNC(=O)c1cc(O)ccc1Cl. The monoisotopic (exact) mass is 271 g/mol. The number of halogens is 1. The number of carbonyl (C=O) groups excluding carboxylic acids is 1. The molecular formula is C13H18ClNO3. The summed E-state index contributed by atoms with van der Waals surface area (Å²) in [7, 11) is 0. The Balaban J connectivity index is 2.34. The maximum Gasteiger partial charge on any atom is 0.252 e. The molecule has 0 heterocycles. The molecule has 0 saturated heterocycles. The number of benzene rings is 1. The number of hydrogen-bond donors (Lipinski definition) is 2. The van der Waals surface area contributed by atoms with Crippen molar-refractivity contribution in [1.29, 1.82) is 0 Å². The summed E-state index contributed by atoms with van der Waals surface area (Å²) in [6.45, 7) is 3.94.